The number of imidazole rings is 1. The van der Waals surface area contributed by atoms with Crippen molar-refractivity contribution in [3.8, 4) is 0 Å². The van der Waals surface area contributed by atoms with E-state index in [0.717, 1.165) is 25.7 Å². The summed E-state index contributed by atoms with van der Waals surface area (Å²) in [6.07, 6.45) is 7.98. The van der Waals surface area contributed by atoms with E-state index in [1.807, 2.05) is 0 Å². The molecule has 7 heteroatoms. The molecule has 1 aromatic heterocycles. The number of hydrogen-bond donors (Lipinski definition) is 3. The lowest BCUT2D eigenvalue weighted by molar-refractivity contribution is -0.145. The maximum Gasteiger partial charge on any atom is 0.329 e. The van der Waals surface area contributed by atoms with Crippen molar-refractivity contribution in [3.05, 3.63) is 18.2 Å². The summed E-state index contributed by atoms with van der Waals surface area (Å²) in [5, 5.41) is 12.3. The lowest BCUT2D eigenvalue weighted by atomic mass is 9.90. The van der Waals surface area contributed by atoms with Crippen molar-refractivity contribution in [2.45, 2.75) is 50.6 Å². The molecule has 7 nitrogen and oxygen atoms in total. The van der Waals surface area contributed by atoms with E-state index in [1.165, 1.54) is 4.90 Å². The van der Waals surface area contributed by atoms with E-state index in [4.69, 9.17) is 0 Å². The second kappa shape index (κ2) is 6.60. The molecule has 1 heterocycles. The van der Waals surface area contributed by atoms with Crippen LogP contribution in [0, 0.1) is 0 Å². The lowest BCUT2D eigenvalue weighted by Gasteiger charge is -2.31. The van der Waals surface area contributed by atoms with Crippen molar-refractivity contribution in [1.82, 2.24) is 20.2 Å². The highest BCUT2D eigenvalue weighted by Crippen LogP contribution is 2.27. The molecule has 21 heavy (non-hydrogen) atoms. The van der Waals surface area contributed by atoms with Crippen LogP contribution in [-0.2, 0) is 11.3 Å². The Morgan fingerprint density at radius 2 is 2.05 bits per heavy atom. The van der Waals surface area contributed by atoms with Gasteiger partial charge in [0, 0.05) is 19.4 Å². The number of carboxylic acids is 1. The number of carbonyl (C=O) groups excluding carboxylic acids is 1. The highest BCUT2D eigenvalue weighted by atomic mass is 16.4. The maximum absolute atomic E-state index is 12.3. The van der Waals surface area contributed by atoms with Gasteiger partial charge >= 0.3 is 12.0 Å². The van der Waals surface area contributed by atoms with Crippen molar-refractivity contribution in [2.75, 3.05) is 7.05 Å². The fourth-order valence-electron chi connectivity index (χ4n) is 2.71. The summed E-state index contributed by atoms with van der Waals surface area (Å²) < 4.78 is 0. The summed E-state index contributed by atoms with van der Waals surface area (Å²) in [7, 11) is 1.63. The second-order valence-electron chi connectivity index (χ2n) is 5.62. The van der Waals surface area contributed by atoms with E-state index in [-0.39, 0.29) is 6.03 Å². The topological polar surface area (TPSA) is 98.3 Å². The number of nitrogens with zero attached hydrogens (tertiary/aromatic N) is 2. The zero-order valence-corrected chi connectivity index (χ0v) is 12.3. The molecule has 0 bridgehead atoms. The number of carboxylic acid groups (broad SMARTS) is 1. The molecular formula is C14H22N4O3. The number of amides is 2. The van der Waals surface area contributed by atoms with Crippen LogP contribution in [0.4, 0.5) is 4.79 Å². The van der Waals surface area contributed by atoms with Crippen molar-refractivity contribution < 1.29 is 14.7 Å². The van der Waals surface area contributed by atoms with E-state index in [2.05, 4.69) is 15.3 Å². The van der Waals surface area contributed by atoms with Crippen molar-refractivity contribution >= 4 is 12.0 Å². The molecule has 1 aliphatic carbocycles. The molecule has 1 aliphatic rings. The quantitative estimate of drug-likeness (QED) is 0.736. The van der Waals surface area contributed by atoms with Gasteiger partial charge in [-0.15, -0.1) is 0 Å². The molecule has 1 aromatic rings. The predicted octanol–water partition coefficient (Wildman–Crippen LogP) is 1.73. The Balaban J connectivity index is 2.02. The van der Waals surface area contributed by atoms with Crippen LogP contribution in [0.25, 0.3) is 0 Å². The van der Waals surface area contributed by atoms with Crippen LogP contribution < -0.4 is 5.32 Å². The van der Waals surface area contributed by atoms with Crippen LogP contribution in [-0.4, -0.2) is 44.6 Å². The van der Waals surface area contributed by atoms with Gasteiger partial charge in [0.1, 0.15) is 11.4 Å². The van der Waals surface area contributed by atoms with Crippen LogP contribution in [0.5, 0.6) is 0 Å². The smallest absolute Gasteiger partial charge is 0.329 e. The Kier molecular flexibility index (Phi) is 4.82. The Bertz CT molecular complexity index is 478. The molecule has 0 aromatic carbocycles. The van der Waals surface area contributed by atoms with Crippen molar-refractivity contribution in [1.29, 1.82) is 0 Å². The third-order valence-corrected chi connectivity index (χ3v) is 4.00. The van der Waals surface area contributed by atoms with Gasteiger partial charge in [0.15, 0.2) is 0 Å². The normalized spacial score (nSPS) is 17.8. The molecule has 2 rings (SSSR count). The molecular weight excluding hydrogens is 272 g/mol. The second-order valence-corrected chi connectivity index (χ2v) is 5.62. The zero-order valence-electron chi connectivity index (χ0n) is 12.3. The predicted molar refractivity (Wildman–Crippen MR) is 76.7 cm³/mol. The van der Waals surface area contributed by atoms with Gasteiger partial charge in [-0.1, -0.05) is 25.7 Å². The van der Waals surface area contributed by atoms with Gasteiger partial charge in [-0.25, -0.2) is 14.6 Å². The Hall–Kier alpha value is -2.05. The molecule has 0 unspecified atom stereocenters. The summed E-state index contributed by atoms with van der Waals surface area (Å²) in [5.74, 6) is -0.276. The average molecular weight is 294 g/mol. The number of H-pyrrole nitrogens is 1. The molecule has 1 fully saturated rings. The first-order chi connectivity index (χ1) is 10.0. The summed E-state index contributed by atoms with van der Waals surface area (Å²) >= 11 is 0. The van der Waals surface area contributed by atoms with E-state index >= 15 is 0 Å². The minimum absolute atomic E-state index is 0.314. The molecule has 0 radical (unpaired) electrons. The number of carbonyl (C=O) groups is 2. The van der Waals surface area contributed by atoms with E-state index in [1.54, 1.807) is 19.4 Å². The summed E-state index contributed by atoms with van der Waals surface area (Å²) in [5.41, 5.74) is -1.13. The maximum atomic E-state index is 12.3. The Labute approximate surface area is 123 Å². The third-order valence-electron chi connectivity index (χ3n) is 4.00. The van der Waals surface area contributed by atoms with Crippen LogP contribution in [0.3, 0.4) is 0 Å². The first-order valence-electron chi connectivity index (χ1n) is 7.28. The highest BCUT2D eigenvalue weighted by molar-refractivity contribution is 5.86. The Morgan fingerprint density at radius 1 is 1.38 bits per heavy atom. The Morgan fingerprint density at radius 3 is 2.57 bits per heavy atom. The lowest BCUT2D eigenvalue weighted by Crippen LogP contribution is -2.57. The van der Waals surface area contributed by atoms with Crippen LogP contribution in [0.15, 0.2) is 12.4 Å². The first-order valence-corrected chi connectivity index (χ1v) is 7.28. The van der Waals surface area contributed by atoms with E-state index < -0.39 is 11.5 Å². The third kappa shape index (κ3) is 3.74. The van der Waals surface area contributed by atoms with Crippen LogP contribution in [0.1, 0.15) is 44.3 Å². The minimum Gasteiger partial charge on any atom is -0.480 e. The number of aromatic amines is 1. The van der Waals surface area contributed by atoms with Gasteiger partial charge in [-0.3, -0.25) is 0 Å². The number of hydrogen-bond acceptors (Lipinski definition) is 3. The molecule has 0 atom stereocenters. The van der Waals surface area contributed by atoms with E-state index in [9.17, 15) is 14.7 Å². The first kappa shape index (κ1) is 15.3. The highest BCUT2D eigenvalue weighted by Gasteiger charge is 2.40. The van der Waals surface area contributed by atoms with Gasteiger partial charge in [0.2, 0.25) is 0 Å². The molecule has 0 spiro atoms. The molecule has 0 saturated heterocycles. The number of aromatic nitrogens is 2. The van der Waals surface area contributed by atoms with Gasteiger partial charge in [-0.05, 0) is 12.8 Å². The number of urea groups is 1. The largest absolute Gasteiger partial charge is 0.480 e. The van der Waals surface area contributed by atoms with Gasteiger partial charge in [0.05, 0.1) is 6.54 Å². The molecule has 116 valence electrons. The zero-order chi connectivity index (χ0) is 15.3. The fourth-order valence-corrected chi connectivity index (χ4v) is 2.71. The fraction of sp³-hybridized carbons (Fsp3) is 0.643. The van der Waals surface area contributed by atoms with Gasteiger partial charge in [-0.2, -0.15) is 0 Å². The monoisotopic (exact) mass is 294 g/mol. The number of aliphatic carboxylic acids is 1. The molecule has 3 N–H and O–H groups in total. The SMILES string of the molecule is CN(Cc1ncc[nH]1)C(=O)NC1(C(=O)O)CCCCCC1. The number of rotatable bonds is 4. The van der Waals surface area contributed by atoms with Crippen LogP contribution in [0.2, 0.25) is 0 Å². The van der Waals surface area contributed by atoms with Crippen LogP contribution >= 0.6 is 0 Å². The number of nitrogens with one attached hydrogen (secondary N) is 2. The van der Waals surface area contributed by atoms with Gasteiger partial charge in [0.25, 0.3) is 0 Å². The summed E-state index contributed by atoms with van der Waals surface area (Å²) in [4.78, 5) is 32.3. The van der Waals surface area contributed by atoms with E-state index in [0.29, 0.717) is 25.2 Å². The summed E-state index contributed by atoms with van der Waals surface area (Å²) in [6.45, 7) is 0.314. The summed E-state index contributed by atoms with van der Waals surface area (Å²) in [6, 6.07) is -0.379. The van der Waals surface area contributed by atoms with Crippen molar-refractivity contribution in [3.63, 3.8) is 0 Å². The standard InChI is InChI=1S/C14H22N4O3/c1-18(10-11-15-8-9-16-11)13(21)17-14(12(19)20)6-4-2-3-5-7-14/h8-9H,2-7,10H2,1H3,(H,15,16)(H,17,21)(H,19,20). The van der Waals surface area contributed by atoms with Gasteiger partial charge < -0.3 is 20.3 Å². The molecule has 1 saturated carbocycles. The average Bonchev–Trinajstić information content (AvgIpc) is 2.83. The molecule has 2 amide bonds. The van der Waals surface area contributed by atoms with Crippen molar-refractivity contribution in [2.24, 2.45) is 0 Å². The minimum atomic E-state index is -1.13. The molecule has 0 aliphatic heterocycles.